The zero-order chi connectivity index (χ0) is 12.8. The molecule has 2 aliphatic carbocycles. The highest BCUT2D eigenvalue weighted by atomic mass is 14.3. The van der Waals surface area contributed by atoms with Gasteiger partial charge in [-0.15, -0.1) is 0 Å². The van der Waals surface area contributed by atoms with Crippen LogP contribution in [0, 0.1) is 11.3 Å². The average Bonchev–Trinajstić information content (AvgIpc) is 2.67. The molecule has 0 aliphatic heterocycles. The average molecular weight is 239 g/mol. The van der Waals surface area contributed by atoms with Crippen molar-refractivity contribution >= 4 is 6.08 Å². The number of hydrogen-bond acceptors (Lipinski definition) is 0. The van der Waals surface area contributed by atoms with Crippen molar-refractivity contribution in [3.05, 3.63) is 46.4 Å². The van der Waals surface area contributed by atoms with Crippen molar-refractivity contribution in [3.63, 3.8) is 0 Å². The van der Waals surface area contributed by atoms with E-state index in [1.54, 1.807) is 11.1 Å². The Labute approximate surface area is 111 Å². The maximum absolute atomic E-state index is 2.48. The van der Waals surface area contributed by atoms with Crippen LogP contribution in [-0.4, -0.2) is 0 Å². The van der Waals surface area contributed by atoms with Crippen molar-refractivity contribution in [2.24, 2.45) is 5.41 Å². The van der Waals surface area contributed by atoms with E-state index in [2.05, 4.69) is 45.1 Å². The molecule has 0 atom stereocenters. The molecule has 1 radical (unpaired) electrons. The van der Waals surface area contributed by atoms with Gasteiger partial charge in [-0.3, -0.25) is 0 Å². The molecule has 0 spiro atoms. The largest absolute Gasteiger partial charge is 0.0721 e. The van der Waals surface area contributed by atoms with Gasteiger partial charge in [-0.2, -0.15) is 0 Å². The molecule has 0 nitrogen and oxygen atoms in total. The molecule has 3 rings (SSSR count). The second-order valence-electron chi connectivity index (χ2n) is 7.01. The van der Waals surface area contributed by atoms with Crippen molar-refractivity contribution in [2.45, 2.75) is 52.9 Å². The fourth-order valence-corrected chi connectivity index (χ4v) is 3.23. The van der Waals surface area contributed by atoms with E-state index in [0.29, 0.717) is 5.41 Å². The van der Waals surface area contributed by atoms with Crippen LogP contribution in [0.1, 0.15) is 62.3 Å². The first-order chi connectivity index (χ1) is 8.53. The molecule has 0 saturated carbocycles. The Kier molecular flexibility index (Phi) is 2.84. The molecule has 0 heterocycles. The van der Waals surface area contributed by atoms with Crippen LogP contribution in [0.2, 0.25) is 0 Å². The van der Waals surface area contributed by atoms with Crippen molar-refractivity contribution in [1.29, 1.82) is 0 Å². The molecule has 18 heavy (non-hydrogen) atoms. The van der Waals surface area contributed by atoms with Gasteiger partial charge in [-0.05, 0) is 59.8 Å². The summed E-state index contributed by atoms with van der Waals surface area (Å²) in [6, 6.07) is 4.92. The lowest BCUT2D eigenvalue weighted by Crippen LogP contribution is -2.11. The first kappa shape index (κ1) is 12.0. The Hall–Kier alpha value is -1.04. The van der Waals surface area contributed by atoms with E-state index in [4.69, 9.17) is 0 Å². The monoisotopic (exact) mass is 239 g/mol. The van der Waals surface area contributed by atoms with E-state index in [0.717, 1.165) is 0 Å². The quantitative estimate of drug-likeness (QED) is 0.650. The Morgan fingerprint density at radius 3 is 2.28 bits per heavy atom. The summed E-state index contributed by atoms with van der Waals surface area (Å²) in [5.74, 6) is 1.53. The summed E-state index contributed by atoms with van der Waals surface area (Å²) in [7, 11) is 0. The molecular weight excluding hydrogens is 216 g/mol. The summed E-state index contributed by atoms with van der Waals surface area (Å²) in [5, 5.41) is 0. The normalized spacial score (nSPS) is 18.8. The Morgan fingerprint density at radius 2 is 1.61 bits per heavy atom. The summed E-state index contributed by atoms with van der Waals surface area (Å²) < 4.78 is 0. The van der Waals surface area contributed by atoms with Crippen LogP contribution < -0.4 is 0 Å². The molecule has 0 fully saturated rings. The standard InChI is InChI=1S/C18H23/c1-18(2,3)12-16-9-8-15-10-13-6-4-5-7-14(13)11-17(15)16/h8-11H,4-7,12H2,1-3H3. The van der Waals surface area contributed by atoms with Crippen molar-refractivity contribution in [3.8, 4) is 0 Å². The van der Waals surface area contributed by atoms with Crippen LogP contribution in [0.15, 0.2) is 18.2 Å². The molecule has 1 aromatic carbocycles. The van der Waals surface area contributed by atoms with Crippen molar-refractivity contribution < 1.29 is 0 Å². The molecule has 0 unspecified atom stereocenters. The highest BCUT2D eigenvalue weighted by Crippen LogP contribution is 2.39. The van der Waals surface area contributed by atoms with E-state index in [-0.39, 0.29) is 0 Å². The molecular formula is C18H23. The molecule has 0 saturated heterocycles. The van der Waals surface area contributed by atoms with Gasteiger partial charge in [0.15, 0.2) is 0 Å². The van der Waals surface area contributed by atoms with Gasteiger partial charge in [0, 0.05) is 5.92 Å². The van der Waals surface area contributed by atoms with Crippen LogP contribution in [-0.2, 0) is 12.8 Å². The van der Waals surface area contributed by atoms with Crippen molar-refractivity contribution in [1.82, 2.24) is 0 Å². The minimum Gasteiger partial charge on any atom is -0.0721 e. The fraction of sp³-hybridized carbons (Fsp3) is 0.500. The molecule has 0 aromatic heterocycles. The highest BCUT2D eigenvalue weighted by molar-refractivity contribution is 5.70. The number of rotatable bonds is 1. The number of allylic oxidation sites excluding steroid dienone is 1. The second kappa shape index (κ2) is 4.26. The van der Waals surface area contributed by atoms with Crippen LogP contribution in [0.3, 0.4) is 0 Å². The van der Waals surface area contributed by atoms with Gasteiger partial charge < -0.3 is 0 Å². The third-order valence-electron chi connectivity index (χ3n) is 4.04. The number of fused-ring (bicyclic) bond motifs is 2. The van der Waals surface area contributed by atoms with E-state index in [9.17, 15) is 0 Å². The maximum Gasteiger partial charge on any atom is 0.0278 e. The molecule has 0 amide bonds. The lowest BCUT2D eigenvalue weighted by atomic mass is 9.80. The SMILES string of the molecule is CC(C)(C)C[C]1C=Cc2cc3c(cc21)CCCC3. The summed E-state index contributed by atoms with van der Waals surface area (Å²) in [5.41, 5.74) is 6.54. The molecule has 0 N–H and O–H groups in total. The van der Waals surface area contributed by atoms with Gasteiger partial charge in [0.2, 0.25) is 0 Å². The van der Waals surface area contributed by atoms with Crippen LogP contribution in [0.5, 0.6) is 0 Å². The Morgan fingerprint density at radius 1 is 0.944 bits per heavy atom. The minimum atomic E-state index is 0.372. The smallest absolute Gasteiger partial charge is 0.0278 e. The van der Waals surface area contributed by atoms with Gasteiger partial charge in [0.25, 0.3) is 0 Å². The van der Waals surface area contributed by atoms with E-state index in [1.807, 2.05) is 0 Å². The van der Waals surface area contributed by atoms with Crippen molar-refractivity contribution in [2.75, 3.05) is 0 Å². The molecule has 2 aliphatic rings. The van der Waals surface area contributed by atoms with Crippen LogP contribution in [0.4, 0.5) is 0 Å². The van der Waals surface area contributed by atoms with Gasteiger partial charge in [0.05, 0.1) is 0 Å². The first-order valence-corrected chi connectivity index (χ1v) is 7.23. The third-order valence-corrected chi connectivity index (χ3v) is 4.04. The van der Waals surface area contributed by atoms with Gasteiger partial charge >= 0.3 is 0 Å². The van der Waals surface area contributed by atoms with E-state index >= 15 is 0 Å². The predicted octanol–water partition coefficient (Wildman–Crippen LogP) is 4.95. The van der Waals surface area contributed by atoms with E-state index in [1.165, 1.54) is 49.1 Å². The number of hydrogen-bond donors (Lipinski definition) is 0. The number of benzene rings is 1. The Balaban J connectivity index is 1.94. The first-order valence-electron chi connectivity index (χ1n) is 7.23. The minimum absolute atomic E-state index is 0.372. The maximum atomic E-state index is 2.48. The lowest BCUT2D eigenvalue weighted by Gasteiger charge is -2.24. The summed E-state index contributed by atoms with van der Waals surface area (Å²) in [4.78, 5) is 0. The number of aryl methyl sites for hydroxylation is 2. The Bertz CT molecular complexity index is 485. The summed E-state index contributed by atoms with van der Waals surface area (Å²) >= 11 is 0. The van der Waals surface area contributed by atoms with Gasteiger partial charge in [-0.1, -0.05) is 45.1 Å². The molecule has 0 heteroatoms. The van der Waals surface area contributed by atoms with Crippen LogP contribution >= 0.6 is 0 Å². The lowest BCUT2D eigenvalue weighted by molar-refractivity contribution is 0.399. The summed E-state index contributed by atoms with van der Waals surface area (Å²) in [6.45, 7) is 6.97. The second-order valence-corrected chi connectivity index (χ2v) is 7.01. The zero-order valence-electron chi connectivity index (χ0n) is 11.8. The highest BCUT2D eigenvalue weighted by Gasteiger charge is 2.25. The van der Waals surface area contributed by atoms with E-state index < -0.39 is 0 Å². The van der Waals surface area contributed by atoms with Crippen LogP contribution in [0.25, 0.3) is 6.08 Å². The third kappa shape index (κ3) is 2.25. The molecule has 1 aromatic rings. The van der Waals surface area contributed by atoms with Gasteiger partial charge in [0.1, 0.15) is 0 Å². The predicted molar refractivity (Wildman–Crippen MR) is 78.5 cm³/mol. The summed E-state index contributed by atoms with van der Waals surface area (Å²) in [6.07, 6.45) is 11.1. The zero-order valence-corrected chi connectivity index (χ0v) is 11.8. The molecule has 95 valence electrons. The molecule has 0 bridgehead atoms. The topological polar surface area (TPSA) is 0 Å². The fourth-order valence-electron chi connectivity index (χ4n) is 3.23. The van der Waals surface area contributed by atoms with Gasteiger partial charge in [-0.25, -0.2) is 0 Å².